The normalized spacial score (nSPS) is 16.6. The highest BCUT2D eigenvalue weighted by Crippen LogP contribution is 2.37. The number of amides is 1. The Bertz CT molecular complexity index is 829. The van der Waals surface area contributed by atoms with Gasteiger partial charge in [0.1, 0.15) is 5.69 Å². The minimum Gasteiger partial charge on any atom is -0.354 e. The van der Waals surface area contributed by atoms with Crippen molar-refractivity contribution in [3.63, 3.8) is 0 Å². The number of ketones is 1. The fourth-order valence-corrected chi connectivity index (χ4v) is 4.54. The first kappa shape index (κ1) is 17.1. The number of thioether (sulfide) groups is 1. The van der Waals surface area contributed by atoms with Gasteiger partial charge in [-0.15, -0.1) is 11.8 Å². The average Bonchev–Trinajstić information content (AvgIpc) is 2.82. The zero-order chi connectivity index (χ0) is 17.4. The number of nitrogens with one attached hydrogen (secondary N) is 2. The molecule has 0 saturated carbocycles. The van der Waals surface area contributed by atoms with Gasteiger partial charge in [0.15, 0.2) is 5.78 Å². The maximum absolute atomic E-state index is 12.7. The predicted octanol–water partition coefficient (Wildman–Crippen LogP) is 4.45. The first-order valence-corrected chi connectivity index (χ1v) is 9.18. The van der Waals surface area contributed by atoms with Gasteiger partial charge in [-0.3, -0.25) is 9.59 Å². The number of hydrogen-bond donors (Lipinski definition) is 2. The number of halogens is 1. The quantitative estimate of drug-likeness (QED) is 0.792. The SMILES string of the molecule is CC(=O)c1c(C)[nH]c(C(=O)N[C@@H]2CCSc3ccc(Cl)cc32)c1C. The van der Waals surface area contributed by atoms with Crippen LogP contribution in [0.5, 0.6) is 0 Å². The minimum absolute atomic E-state index is 0.0357. The lowest BCUT2D eigenvalue weighted by Gasteiger charge is -2.26. The molecule has 0 fully saturated rings. The van der Waals surface area contributed by atoms with Crippen molar-refractivity contribution >= 4 is 35.1 Å². The second-order valence-electron chi connectivity index (χ2n) is 6.03. The summed E-state index contributed by atoms with van der Waals surface area (Å²) in [4.78, 5) is 28.7. The first-order chi connectivity index (χ1) is 11.4. The number of aromatic amines is 1. The van der Waals surface area contributed by atoms with Gasteiger partial charge < -0.3 is 10.3 Å². The van der Waals surface area contributed by atoms with Crippen LogP contribution in [0.25, 0.3) is 0 Å². The summed E-state index contributed by atoms with van der Waals surface area (Å²) in [5.41, 5.74) is 3.55. The lowest BCUT2D eigenvalue weighted by atomic mass is 10.0. The van der Waals surface area contributed by atoms with Gasteiger partial charge in [0, 0.05) is 26.9 Å². The van der Waals surface area contributed by atoms with Crippen molar-refractivity contribution in [2.45, 2.75) is 38.1 Å². The van der Waals surface area contributed by atoms with E-state index in [0.717, 1.165) is 28.3 Å². The van der Waals surface area contributed by atoms with Crippen LogP contribution in [-0.2, 0) is 0 Å². The monoisotopic (exact) mass is 362 g/mol. The van der Waals surface area contributed by atoms with Crippen molar-refractivity contribution < 1.29 is 9.59 Å². The Morgan fingerprint density at radius 3 is 2.75 bits per heavy atom. The number of benzene rings is 1. The van der Waals surface area contributed by atoms with E-state index in [-0.39, 0.29) is 17.7 Å². The summed E-state index contributed by atoms with van der Waals surface area (Å²) in [7, 11) is 0. The van der Waals surface area contributed by atoms with Crippen molar-refractivity contribution in [2.24, 2.45) is 0 Å². The number of carbonyl (C=O) groups excluding carboxylic acids is 2. The number of hydrogen-bond acceptors (Lipinski definition) is 3. The van der Waals surface area contributed by atoms with Crippen LogP contribution >= 0.6 is 23.4 Å². The third-order valence-electron chi connectivity index (χ3n) is 4.33. The van der Waals surface area contributed by atoms with Crippen molar-refractivity contribution in [1.82, 2.24) is 10.3 Å². The summed E-state index contributed by atoms with van der Waals surface area (Å²) in [6.07, 6.45) is 0.849. The molecular formula is C18H19ClN2O2S. The molecule has 1 aliphatic rings. The molecule has 2 N–H and O–H groups in total. The van der Waals surface area contributed by atoms with E-state index in [9.17, 15) is 9.59 Å². The zero-order valence-electron chi connectivity index (χ0n) is 13.8. The maximum atomic E-state index is 12.7. The van der Waals surface area contributed by atoms with Crippen LogP contribution in [-0.4, -0.2) is 22.4 Å². The lowest BCUT2D eigenvalue weighted by molar-refractivity contribution is 0.0929. The molecule has 126 valence electrons. The Morgan fingerprint density at radius 2 is 2.08 bits per heavy atom. The first-order valence-electron chi connectivity index (χ1n) is 7.81. The van der Waals surface area contributed by atoms with Gasteiger partial charge in [-0.25, -0.2) is 0 Å². The average molecular weight is 363 g/mol. The molecule has 2 heterocycles. The van der Waals surface area contributed by atoms with Gasteiger partial charge in [-0.05, 0) is 56.5 Å². The molecule has 2 aromatic rings. The van der Waals surface area contributed by atoms with E-state index in [1.807, 2.05) is 25.1 Å². The smallest absolute Gasteiger partial charge is 0.268 e. The predicted molar refractivity (Wildman–Crippen MR) is 97.3 cm³/mol. The van der Waals surface area contributed by atoms with Gasteiger partial charge in [0.25, 0.3) is 5.91 Å². The number of H-pyrrole nitrogens is 1. The number of rotatable bonds is 3. The van der Waals surface area contributed by atoms with E-state index in [0.29, 0.717) is 21.8 Å². The van der Waals surface area contributed by atoms with E-state index < -0.39 is 0 Å². The summed E-state index contributed by atoms with van der Waals surface area (Å²) >= 11 is 7.89. The Labute approximate surface area is 150 Å². The fraction of sp³-hybridized carbons (Fsp3) is 0.333. The topological polar surface area (TPSA) is 62.0 Å². The molecule has 4 nitrogen and oxygen atoms in total. The number of carbonyl (C=O) groups is 2. The van der Waals surface area contributed by atoms with Gasteiger partial charge in [-0.1, -0.05) is 11.6 Å². The van der Waals surface area contributed by atoms with E-state index in [1.54, 1.807) is 18.7 Å². The highest BCUT2D eigenvalue weighted by atomic mass is 35.5. The molecule has 1 amide bonds. The third kappa shape index (κ3) is 3.10. The summed E-state index contributed by atoms with van der Waals surface area (Å²) < 4.78 is 0. The molecular weight excluding hydrogens is 344 g/mol. The molecule has 0 radical (unpaired) electrons. The second-order valence-corrected chi connectivity index (χ2v) is 7.60. The summed E-state index contributed by atoms with van der Waals surface area (Å²) in [5.74, 6) is 0.721. The van der Waals surface area contributed by atoms with Gasteiger partial charge >= 0.3 is 0 Å². The van der Waals surface area contributed by atoms with Crippen LogP contribution < -0.4 is 5.32 Å². The Kier molecular flexibility index (Phi) is 4.74. The van der Waals surface area contributed by atoms with E-state index in [4.69, 9.17) is 11.6 Å². The highest BCUT2D eigenvalue weighted by molar-refractivity contribution is 7.99. The fourth-order valence-electron chi connectivity index (χ4n) is 3.25. The van der Waals surface area contributed by atoms with Crippen LogP contribution in [0.3, 0.4) is 0 Å². The Hall–Kier alpha value is -1.72. The number of Topliss-reactive ketones (excluding diaryl/α,β-unsaturated/α-hetero) is 1. The summed E-state index contributed by atoms with van der Waals surface area (Å²) in [5, 5.41) is 3.75. The summed E-state index contributed by atoms with van der Waals surface area (Å²) in [6, 6.07) is 5.71. The van der Waals surface area contributed by atoms with Crippen LogP contribution in [0.4, 0.5) is 0 Å². The van der Waals surface area contributed by atoms with Crippen LogP contribution in [0, 0.1) is 13.8 Å². The Morgan fingerprint density at radius 1 is 1.33 bits per heavy atom. The molecule has 0 unspecified atom stereocenters. The standard InChI is InChI=1S/C18H19ClN2O2S/c1-9-16(11(3)22)10(2)20-17(9)18(23)21-14-6-7-24-15-5-4-12(19)8-13(14)15/h4-5,8,14,20H,6-7H2,1-3H3,(H,21,23)/t14-/m1/s1. The largest absolute Gasteiger partial charge is 0.354 e. The van der Waals surface area contributed by atoms with E-state index in [1.165, 1.54) is 6.92 Å². The van der Waals surface area contributed by atoms with Crippen LogP contribution in [0.1, 0.15) is 57.1 Å². The van der Waals surface area contributed by atoms with Crippen molar-refractivity contribution in [3.05, 3.63) is 51.3 Å². The third-order valence-corrected chi connectivity index (χ3v) is 5.69. The number of fused-ring (bicyclic) bond motifs is 1. The molecule has 1 aromatic heterocycles. The molecule has 1 aromatic carbocycles. The molecule has 6 heteroatoms. The van der Waals surface area contributed by atoms with Crippen LogP contribution in [0.15, 0.2) is 23.1 Å². The lowest BCUT2D eigenvalue weighted by Crippen LogP contribution is -2.31. The van der Waals surface area contributed by atoms with E-state index >= 15 is 0 Å². The molecule has 3 rings (SSSR count). The van der Waals surface area contributed by atoms with E-state index in [2.05, 4.69) is 10.3 Å². The molecule has 1 atom stereocenters. The highest BCUT2D eigenvalue weighted by Gasteiger charge is 2.26. The molecule has 0 bridgehead atoms. The molecule has 0 aliphatic carbocycles. The molecule has 0 spiro atoms. The number of aryl methyl sites for hydroxylation is 1. The molecule has 24 heavy (non-hydrogen) atoms. The summed E-state index contributed by atoms with van der Waals surface area (Å²) in [6.45, 7) is 5.13. The van der Waals surface area contributed by atoms with Gasteiger partial charge in [-0.2, -0.15) is 0 Å². The van der Waals surface area contributed by atoms with Crippen LogP contribution in [0.2, 0.25) is 5.02 Å². The number of aromatic nitrogens is 1. The Balaban J connectivity index is 1.88. The minimum atomic E-state index is -0.189. The van der Waals surface area contributed by atoms with Crippen molar-refractivity contribution in [2.75, 3.05) is 5.75 Å². The van der Waals surface area contributed by atoms with Crippen molar-refractivity contribution in [3.8, 4) is 0 Å². The zero-order valence-corrected chi connectivity index (χ0v) is 15.4. The van der Waals surface area contributed by atoms with Crippen molar-refractivity contribution in [1.29, 1.82) is 0 Å². The van der Waals surface area contributed by atoms with Gasteiger partial charge in [0.2, 0.25) is 0 Å². The maximum Gasteiger partial charge on any atom is 0.268 e. The van der Waals surface area contributed by atoms with Gasteiger partial charge in [0.05, 0.1) is 6.04 Å². The molecule has 1 aliphatic heterocycles. The molecule has 0 saturated heterocycles. The second kappa shape index (κ2) is 6.65.